The molecule has 0 saturated carbocycles. The number of carbonyl (C=O) groups excluding carboxylic acids is 2. The van der Waals surface area contributed by atoms with Crippen LogP contribution >= 0.6 is 15.9 Å². The van der Waals surface area contributed by atoms with Gasteiger partial charge >= 0.3 is 0 Å². The second-order valence-electron chi connectivity index (χ2n) is 4.68. The number of hydrogen-bond donors (Lipinski definition) is 1. The summed E-state index contributed by atoms with van der Waals surface area (Å²) in [5, 5.41) is 2.85. The van der Waals surface area contributed by atoms with Crippen molar-refractivity contribution in [3.8, 4) is 0 Å². The summed E-state index contributed by atoms with van der Waals surface area (Å²) in [4.78, 5) is 26.2. The van der Waals surface area contributed by atoms with E-state index in [4.69, 9.17) is 0 Å². The van der Waals surface area contributed by atoms with E-state index >= 15 is 0 Å². The molecular formula is C14H17BrN2O2. The molecule has 0 radical (unpaired) electrons. The number of piperazine rings is 1. The van der Waals surface area contributed by atoms with Crippen LogP contribution in [0.1, 0.15) is 26.7 Å². The Labute approximate surface area is 121 Å². The van der Waals surface area contributed by atoms with Crippen LogP contribution in [0.2, 0.25) is 0 Å². The van der Waals surface area contributed by atoms with Gasteiger partial charge in [0.05, 0.1) is 5.69 Å². The topological polar surface area (TPSA) is 49.4 Å². The molecule has 4 nitrogen and oxygen atoms in total. The van der Waals surface area contributed by atoms with Gasteiger partial charge in [0.15, 0.2) is 0 Å². The minimum atomic E-state index is -0.773. The van der Waals surface area contributed by atoms with Crippen LogP contribution in [-0.2, 0) is 9.59 Å². The highest BCUT2D eigenvalue weighted by molar-refractivity contribution is 9.10. The van der Waals surface area contributed by atoms with Gasteiger partial charge in [0.2, 0.25) is 5.91 Å². The molecule has 1 aliphatic rings. The zero-order valence-corrected chi connectivity index (χ0v) is 12.7. The fourth-order valence-corrected chi connectivity index (χ4v) is 2.93. The number of nitrogens with zero attached hydrogens (tertiary/aromatic N) is 1. The van der Waals surface area contributed by atoms with E-state index in [1.54, 1.807) is 4.90 Å². The van der Waals surface area contributed by atoms with Crippen molar-refractivity contribution in [1.29, 1.82) is 0 Å². The molecule has 19 heavy (non-hydrogen) atoms. The second-order valence-corrected chi connectivity index (χ2v) is 5.53. The Bertz CT molecular complexity index is 512. The largest absolute Gasteiger partial charge is 0.340 e. The average molecular weight is 325 g/mol. The molecule has 2 amide bonds. The fraction of sp³-hybridized carbons (Fsp3) is 0.429. The Kier molecular flexibility index (Phi) is 3.94. The zero-order chi connectivity index (χ0) is 14.0. The van der Waals surface area contributed by atoms with Crippen molar-refractivity contribution in [2.75, 3.05) is 11.4 Å². The molecule has 5 heteroatoms. The third kappa shape index (κ3) is 2.39. The maximum atomic E-state index is 12.7. The van der Waals surface area contributed by atoms with Crippen LogP contribution in [0.3, 0.4) is 0 Å². The predicted octanol–water partition coefficient (Wildman–Crippen LogP) is 2.47. The lowest BCUT2D eigenvalue weighted by atomic mass is 9.88. The molecule has 0 atom stereocenters. The maximum absolute atomic E-state index is 12.7. The molecule has 1 aliphatic heterocycles. The Morgan fingerprint density at radius 1 is 1.26 bits per heavy atom. The summed E-state index contributed by atoms with van der Waals surface area (Å²) in [5.41, 5.74) is -0.0291. The van der Waals surface area contributed by atoms with Gasteiger partial charge in [0.1, 0.15) is 12.1 Å². The van der Waals surface area contributed by atoms with Gasteiger partial charge in [-0.1, -0.05) is 26.0 Å². The first-order valence-corrected chi connectivity index (χ1v) is 7.21. The van der Waals surface area contributed by atoms with Crippen LogP contribution in [0.5, 0.6) is 0 Å². The monoisotopic (exact) mass is 324 g/mol. The lowest BCUT2D eigenvalue weighted by Crippen LogP contribution is -2.66. The third-order valence-electron chi connectivity index (χ3n) is 3.69. The molecule has 102 valence electrons. The average Bonchev–Trinajstić information content (AvgIpc) is 2.42. The number of carbonyl (C=O) groups is 2. The first-order valence-electron chi connectivity index (χ1n) is 6.41. The number of rotatable bonds is 3. The van der Waals surface area contributed by atoms with Crippen LogP contribution in [0.15, 0.2) is 28.7 Å². The van der Waals surface area contributed by atoms with Crippen molar-refractivity contribution < 1.29 is 9.59 Å². The van der Waals surface area contributed by atoms with Gasteiger partial charge in [-0.3, -0.25) is 14.5 Å². The standard InChI is InChI=1S/C14H17BrN2O2/c1-3-14(4-2)13(19)17(9-12(18)16-14)11-8-6-5-7-10(11)15/h5-8H,3-4,9H2,1-2H3,(H,16,18). The molecule has 1 heterocycles. The molecule has 1 fully saturated rings. The highest BCUT2D eigenvalue weighted by atomic mass is 79.9. The van der Waals surface area contributed by atoms with Gasteiger partial charge in [-0.25, -0.2) is 0 Å². The Hall–Kier alpha value is -1.36. The number of halogens is 1. The number of benzene rings is 1. The van der Waals surface area contributed by atoms with Gasteiger partial charge < -0.3 is 5.32 Å². The first-order chi connectivity index (χ1) is 9.04. The summed E-state index contributed by atoms with van der Waals surface area (Å²) in [7, 11) is 0. The Morgan fingerprint density at radius 2 is 1.89 bits per heavy atom. The van der Waals surface area contributed by atoms with E-state index in [0.717, 1.165) is 10.2 Å². The SMILES string of the molecule is CCC1(CC)NC(=O)CN(c2ccccc2Br)C1=O. The number of amides is 2. The quantitative estimate of drug-likeness (QED) is 0.928. The minimum absolute atomic E-state index is 0.0380. The van der Waals surface area contributed by atoms with Gasteiger partial charge in [0.25, 0.3) is 5.91 Å². The highest BCUT2D eigenvalue weighted by Crippen LogP contribution is 2.31. The van der Waals surface area contributed by atoms with Crippen LogP contribution in [0.4, 0.5) is 5.69 Å². The molecule has 0 aromatic heterocycles. The fourth-order valence-electron chi connectivity index (χ4n) is 2.43. The molecule has 0 aliphatic carbocycles. The predicted molar refractivity (Wildman–Crippen MR) is 78.0 cm³/mol. The molecular weight excluding hydrogens is 308 g/mol. The van der Waals surface area contributed by atoms with E-state index in [0.29, 0.717) is 12.8 Å². The molecule has 1 saturated heterocycles. The van der Waals surface area contributed by atoms with Gasteiger partial charge in [-0.05, 0) is 40.9 Å². The smallest absolute Gasteiger partial charge is 0.253 e. The van der Waals surface area contributed by atoms with Gasteiger partial charge in [0, 0.05) is 4.47 Å². The highest BCUT2D eigenvalue weighted by Gasteiger charge is 2.44. The zero-order valence-electron chi connectivity index (χ0n) is 11.1. The summed E-state index contributed by atoms with van der Waals surface area (Å²) in [6, 6.07) is 7.46. The lowest BCUT2D eigenvalue weighted by molar-refractivity contribution is -0.136. The van der Waals surface area contributed by atoms with Crippen molar-refractivity contribution in [2.24, 2.45) is 0 Å². The van der Waals surface area contributed by atoms with Crippen LogP contribution < -0.4 is 10.2 Å². The van der Waals surface area contributed by atoms with Crippen molar-refractivity contribution in [2.45, 2.75) is 32.2 Å². The van der Waals surface area contributed by atoms with E-state index in [-0.39, 0.29) is 18.4 Å². The molecule has 2 rings (SSSR count). The van der Waals surface area contributed by atoms with Crippen molar-refractivity contribution in [3.63, 3.8) is 0 Å². The van der Waals surface area contributed by atoms with E-state index < -0.39 is 5.54 Å². The van der Waals surface area contributed by atoms with E-state index in [1.165, 1.54) is 0 Å². The van der Waals surface area contributed by atoms with E-state index in [9.17, 15) is 9.59 Å². The number of anilines is 1. The van der Waals surface area contributed by atoms with E-state index in [1.807, 2.05) is 38.1 Å². The maximum Gasteiger partial charge on any atom is 0.253 e. The lowest BCUT2D eigenvalue weighted by Gasteiger charge is -2.41. The van der Waals surface area contributed by atoms with Crippen LogP contribution in [0, 0.1) is 0 Å². The summed E-state index contributed by atoms with van der Waals surface area (Å²) in [5.74, 6) is -0.150. The minimum Gasteiger partial charge on any atom is -0.340 e. The Morgan fingerprint density at radius 3 is 2.47 bits per heavy atom. The van der Waals surface area contributed by atoms with Crippen LogP contribution in [0.25, 0.3) is 0 Å². The number of para-hydroxylation sites is 1. The van der Waals surface area contributed by atoms with E-state index in [2.05, 4.69) is 21.2 Å². The first kappa shape index (κ1) is 14.1. The van der Waals surface area contributed by atoms with Crippen molar-refractivity contribution in [3.05, 3.63) is 28.7 Å². The summed E-state index contributed by atoms with van der Waals surface area (Å²) in [6.07, 6.45) is 1.18. The molecule has 0 spiro atoms. The van der Waals surface area contributed by atoms with Crippen molar-refractivity contribution >= 4 is 33.4 Å². The van der Waals surface area contributed by atoms with Gasteiger partial charge in [-0.2, -0.15) is 0 Å². The molecule has 0 bridgehead atoms. The number of nitrogens with one attached hydrogen (secondary N) is 1. The summed E-state index contributed by atoms with van der Waals surface area (Å²) in [6.45, 7) is 3.92. The summed E-state index contributed by atoms with van der Waals surface area (Å²) < 4.78 is 0.819. The number of hydrogen-bond acceptors (Lipinski definition) is 2. The molecule has 1 aromatic rings. The van der Waals surface area contributed by atoms with Crippen LogP contribution in [-0.4, -0.2) is 23.9 Å². The third-order valence-corrected chi connectivity index (χ3v) is 4.36. The molecule has 1 N–H and O–H groups in total. The van der Waals surface area contributed by atoms with Crippen molar-refractivity contribution in [1.82, 2.24) is 5.32 Å². The van der Waals surface area contributed by atoms with Gasteiger partial charge in [-0.15, -0.1) is 0 Å². The second kappa shape index (κ2) is 5.33. The molecule has 1 aromatic carbocycles. The molecule has 0 unspecified atom stereocenters. The summed E-state index contributed by atoms with van der Waals surface area (Å²) >= 11 is 3.44. The normalized spacial score (nSPS) is 18.4. The Balaban J connectivity index is 2.44.